The predicted octanol–water partition coefficient (Wildman–Crippen LogP) is 3.18. The van der Waals surface area contributed by atoms with Crippen molar-refractivity contribution in [3.8, 4) is 0 Å². The first-order valence-electron chi connectivity index (χ1n) is 5.66. The van der Waals surface area contributed by atoms with Crippen molar-refractivity contribution in [2.24, 2.45) is 0 Å². The Bertz CT molecular complexity index is 419. The molecule has 0 saturated carbocycles. The van der Waals surface area contributed by atoms with Crippen molar-refractivity contribution in [1.82, 2.24) is 5.32 Å². The molecule has 0 aliphatic carbocycles. The molecule has 5 heteroatoms. The average Bonchev–Trinajstić information content (AvgIpc) is 2.35. The molecule has 2 N–H and O–H groups in total. The summed E-state index contributed by atoms with van der Waals surface area (Å²) >= 11 is 9.28. The summed E-state index contributed by atoms with van der Waals surface area (Å²) in [4.78, 5) is 11.9. The fourth-order valence-electron chi connectivity index (χ4n) is 1.88. The molecule has 0 unspecified atom stereocenters. The lowest BCUT2D eigenvalue weighted by molar-refractivity contribution is -0.118. The van der Waals surface area contributed by atoms with Gasteiger partial charge in [0.2, 0.25) is 5.91 Å². The topological polar surface area (TPSA) is 41.1 Å². The standard InChI is InChI=1S/C12H14BrClN2O/c13-9-5-4-8(7-10(9)14)16-12(17)11-3-1-2-6-15-11/h4-5,7,11,15H,1-3,6H2,(H,16,17)/t11-/m0/s1. The Morgan fingerprint density at radius 3 is 2.94 bits per heavy atom. The van der Waals surface area contributed by atoms with E-state index in [0.29, 0.717) is 5.02 Å². The van der Waals surface area contributed by atoms with Gasteiger partial charge in [0, 0.05) is 10.2 Å². The van der Waals surface area contributed by atoms with Gasteiger partial charge in [-0.15, -0.1) is 0 Å². The highest BCUT2D eigenvalue weighted by molar-refractivity contribution is 9.10. The predicted molar refractivity (Wildman–Crippen MR) is 73.4 cm³/mol. The lowest BCUT2D eigenvalue weighted by atomic mass is 10.0. The van der Waals surface area contributed by atoms with E-state index in [2.05, 4.69) is 26.6 Å². The van der Waals surface area contributed by atoms with Gasteiger partial charge in [-0.2, -0.15) is 0 Å². The zero-order valence-electron chi connectivity index (χ0n) is 9.30. The Hall–Kier alpha value is -0.580. The quantitative estimate of drug-likeness (QED) is 0.879. The number of rotatable bonds is 2. The fraction of sp³-hybridized carbons (Fsp3) is 0.417. The molecule has 0 aromatic heterocycles. The molecule has 1 amide bonds. The zero-order valence-corrected chi connectivity index (χ0v) is 11.6. The van der Waals surface area contributed by atoms with Crippen LogP contribution in [0.1, 0.15) is 19.3 Å². The molecule has 2 rings (SSSR count). The van der Waals surface area contributed by atoms with Crippen LogP contribution in [0.4, 0.5) is 5.69 Å². The van der Waals surface area contributed by atoms with Crippen molar-refractivity contribution in [2.45, 2.75) is 25.3 Å². The van der Waals surface area contributed by atoms with E-state index in [1.165, 1.54) is 0 Å². The van der Waals surface area contributed by atoms with Crippen LogP contribution in [0.3, 0.4) is 0 Å². The van der Waals surface area contributed by atoms with Crippen molar-refractivity contribution in [2.75, 3.05) is 11.9 Å². The van der Waals surface area contributed by atoms with Gasteiger partial charge in [0.05, 0.1) is 11.1 Å². The van der Waals surface area contributed by atoms with Gasteiger partial charge < -0.3 is 10.6 Å². The summed E-state index contributed by atoms with van der Waals surface area (Å²) in [7, 11) is 0. The molecule has 1 aromatic rings. The van der Waals surface area contributed by atoms with E-state index >= 15 is 0 Å². The lowest BCUT2D eigenvalue weighted by Crippen LogP contribution is -2.43. The second kappa shape index (κ2) is 5.85. The van der Waals surface area contributed by atoms with Gasteiger partial charge in [0.15, 0.2) is 0 Å². The van der Waals surface area contributed by atoms with Gasteiger partial charge in [-0.05, 0) is 53.5 Å². The maximum Gasteiger partial charge on any atom is 0.241 e. The molecular weight excluding hydrogens is 304 g/mol. The molecule has 1 aliphatic heterocycles. The molecule has 1 atom stereocenters. The van der Waals surface area contributed by atoms with Crippen LogP contribution in [0.25, 0.3) is 0 Å². The SMILES string of the molecule is O=C(Nc1ccc(Br)c(Cl)c1)[C@@H]1CCCCN1. The Balaban J connectivity index is 1.99. The molecule has 3 nitrogen and oxygen atoms in total. The molecular formula is C12H14BrClN2O. The van der Waals surface area contributed by atoms with Gasteiger partial charge in [0.1, 0.15) is 0 Å². The van der Waals surface area contributed by atoms with Crippen LogP contribution in [-0.2, 0) is 4.79 Å². The molecule has 0 spiro atoms. The van der Waals surface area contributed by atoms with Gasteiger partial charge >= 0.3 is 0 Å². The van der Waals surface area contributed by atoms with E-state index < -0.39 is 0 Å². The van der Waals surface area contributed by atoms with Crippen LogP contribution in [0, 0.1) is 0 Å². The molecule has 0 bridgehead atoms. The Morgan fingerprint density at radius 2 is 2.29 bits per heavy atom. The molecule has 1 aromatic carbocycles. The maximum atomic E-state index is 11.9. The largest absolute Gasteiger partial charge is 0.325 e. The summed E-state index contributed by atoms with van der Waals surface area (Å²) in [5, 5.41) is 6.68. The number of halogens is 2. The highest BCUT2D eigenvalue weighted by Gasteiger charge is 2.20. The minimum absolute atomic E-state index is 0.0167. The molecule has 1 fully saturated rings. The van der Waals surface area contributed by atoms with E-state index in [1.54, 1.807) is 6.07 Å². The van der Waals surface area contributed by atoms with Crippen molar-refractivity contribution < 1.29 is 4.79 Å². The molecule has 1 aliphatic rings. The highest BCUT2D eigenvalue weighted by atomic mass is 79.9. The fourth-order valence-corrected chi connectivity index (χ4v) is 2.31. The first-order valence-corrected chi connectivity index (χ1v) is 6.83. The molecule has 92 valence electrons. The lowest BCUT2D eigenvalue weighted by Gasteiger charge is -2.22. The second-order valence-electron chi connectivity index (χ2n) is 4.12. The third kappa shape index (κ3) is 3.44. The minimum Gasteiger partial charge on any atom is -0.325 e. The molecule has 1 heterocycles. The third-order valence-electron chi connectivity index (χ3n) is 2.81. The molecule has 0 radical (unpaired) electrons. The normalized spacial score (nSPS) is 20.0. The number of carbonyl (C=O) groups excluding carboxylic acids is 1. The first-order chi connectivity index (χ1) is 8.16. The van der Waals surface area contributed by atoms with E-state index in [-0.39, 0.29) is 11.9 Å². The van der Waals surface area contributed by atoms with Gasteiger partial charge in [-0.3, -0.25) is 4.79 Å². The molecule has 1 saturated heterocycles. The van der Waals surface area contributed by atoms with Crippen LogP contribution in [0.2, 0.25) is 5.02 Å². The Labute approximate surface area is 114 Å². The number of nitrogens with one attached hydrogen (secondary N) is 2. The van der Waals surface area contributed by atoms with Crippen molar-refractivity contribution in [3.05, 3.63) is 27.7 Å². The van der Waals surface area contributed by atoms with E-state index in [9.17, 15) is 4.79 Å². The smallest absolute Gasteiger partial charge is 0.241 e. The number of piperidine rings is 1. The summed E-state index contributed by atoms with van der Waals surface area (Å²) in [5.41, 5.74) is 0.732. The summed E-state index contributed by atoms with van der Waals surface area (Å²) in [6.45, 7) is 0.916. The average molecular weight is 318 g/mol. The number of anilines is 1. The summed E-state index contributed by atoms with van der Waals surface area (Å²) in [6, 6.07) is 5.32. The summed E-state index contributed by atoms with van der Waals surface area (Å²) in [6.07, 6.45) is 3.15. The first kappa shape index (κ1) is 12.9. The van der Waals surface area contributed by atoms with Crippen molar-refractivity contribution in [1.29, 1.82) is 0 Å². The minimum atomic E-state index is -0.0776. The van der Waals surface area contributed by atoms with Crippen LogP contribution in [-0.4, -0.2) is 18.5 Å². The van der Waals surface area contributed by atoms with Crippen LogP contribution < -0.4 is 10.6 Å². The van der Waals surface area contributed by atoms with Crippen LogP contribution in [0.5, 0.6) is 0 Å². The third-order valence-corrected chi connectivity index (χ3v) is 4.05. The number of amides is 1. The monoisotopic (exact) mass is 316 g/mol. The van der Waals surface area contributed by atoms with Crippen molar-refractivity contribution >= 4 is 39.1 Å². The zero-order chi connectivity index (χ0) is 12.3. The Morgan fingerprint density at radius 1 is 1.47 bits per heavy atom. The highest BCUT2D eigenvalue weighted by Crippen LogP contribution is 2.25. The number of benzene rings is 1. The van der Waals surface area contributed by atoms with Gasteiger partial charge in [0.25, 0.3) is 0 Å². The second-order valence-corrected chi connectivity index (χ2v) is 5.38. The molecule has 17 heavy (non-hydrogen) atoms. The van der Waals surface area contributed by atoms with E-state index in [4.69, 9.17) is 11.6 Å². The summed E-state index contributed by atoms with van der Waals surface area (Å²) < 4.78 is 0.827. The Kier molecular flexibility index (Phi) is 4.42. The van der Waals surface area contributed by atoms with Crippen LogP contribution in [0.15, 0.2) is 22.7 Å². The maximum absolute atomic E-state index is 11.9. The summed E-state index contributed by atoms with van der Waals surface area (Å²) in [5.74, 6) is 0.0167. The van der Waals surface area contributed by atoms with Crippen molar-refractivity contribution in [3.63, 3.8) is 0 Å². The van der Waals surface area contributed by atoms with Crippen LogP contribution >= 0.6 is 27.5 Å². The van der Waals surface area contributed by atoms with Gasteiger partial charge in [-0.1, -0.05) is 18.0 Å². The van der Waals surface area contributed by atoms with E-state index in [1.807, 2.05) is 12.1 Å². The van der Waals surface area contributed by atoms with Gasteiger partial charge in [-0.25, -0.2) is 0 Å². The van der Waals surface area contributed by atoms with E-state index in [0.717, 1.165) is 36.0 Å². The number of carbonyl (C=O) groups is 1. The number of hydrogen-bond donors (Lipinski definition) is 2. The number of hydrogen-bond acceptors (Lipinski definition) is 2.